The van der Waals surface area contributed by atoms with Gasteiger partial charge < -0.3 is 18.3 Å². The maximum atomic E-state index is 13.0. The highest BCUT2D eigenvalue weighted by Crippen LogP contribution is 2.35. The van der Waals surface area contributed by atoms with Crippen LogP contribution in [0.1, 0.15) is 24.7 Å². The molecule has 5 rings (SSSR count). The second-order valence-corrected chi connectivity index (χ2v) is 8.88. The van der Waals surface area contributed by atoms with E-state index >= 15 is 0 Å². The third kappa shape index (κ3) is 3.38. The smallest absolute Gasteiger partial charge is 0.250 e. The van der Waals surface area contributed by atoms with Gasteiger partial charge in [0.25, 0.3) is 5.89 Å². The van der Waals surface area contributed by atoms with Crippen LogP contribution in [0.3, 0.4) is 0 Å². The first-order chi connectivity index (χ1) is 14.1. The zero-order valence-electron chi connectivity index (χ0n) is 15.5. The molecule has 1 saturated heterocycles. The summed E-state index contributed by atoms with van der Waals surface area (Å²) < 4.78 is 49.3. The molecule has 0 unspecified atom stereocenters. The molecule has 0 aliphatic carbocycles. The van der Waals surface area contributed by atoms with E-state index in [1.54, 1.807) is 30.7 Å². The minimum absolute atomic E-state index is 0.0230. The van der Waals surface area contributed by atoms with Gasteiger partial charge >= 0.3 is 0 Å². The van der Waals surface area contributed by atoms with Crippen molar-refractivity contribution in [2.24, 2.45) is 0 Å². The fraction of sp³-hybridized carbons (Fsp3) is 0.368. The molecule has 0 saturated carbocycles. The van der Waals surface area contributed by atoms with Crippen LogP contribution in [0, 0.1) is 0 Å². The highest BCUT2D eigenvalue weighted by Gasteiger charge is 2.33. The van der Waals surface area contributed by atoms with Crippen molar-refractivity contribution >= 4 is 10.0 Å². The lowest BCUT2D eigenvalue weighted by molar-refractivity contribution is 0.171. The lowest BCUT2D eigenvalue weighted by Crippen LogP contribution is -2.38. The Morgan fingerprint density at radius 1 is 1.00 bits per heavy atom. The fourth-order valence-electron chi connectivity index (χ4n) is 3.58. The van der Waals surface area contributed by atoms with Crippen LogP contribution < -0.4 is 9.47 Å². The summed E-state index contributed by atoms with van der Waals surface area (Å²) in [4.78, 5) is 0.209. The van der Waals surface area contributed by atoms with E-state index in [9.17, 15) is 8.42 Å². The Kier molecular flexibility index (Phi) is 4.51. The summed E-state index contributed by atoms with van der Waals surface area (Å²) in [6.45, 7) is 1.63. The summed E-state index contributed by atoms with van der Waals surface area (Å²) in [7, 11) is -3.61. The summed E-state index contributed by atoms with van der Waals surface area (Å²) >= 11 is 0. The molecule has 29 heavy (non-hydrogen) atoms. The number of piperidine rings is 1. The highest BCUT2D eigenvalue weighted by atomic mass is 32.2. The van der Waals surface area contributed by atoms with E-state index in [-0.39, 0.29) is 10.8 Å². The van der Waals surface area contributed by atoms with E-state index in [1.807, 2.05) is 0 Å². The maximum absolute atomic E-state index is 13.0. The van der Waals surface area contributed by atoms with Crippen molar-refractivity contribution in [3.8, 4) is 23.0 Å². The molecule has 1 aromatic carbocycles. The van der Waals surface area contributed by atoms with Crippen molar-refractivity contribution in [1.29, 1.82) is 0 Å². The molecule has 2 aliphatic rings. The molecule has 0 radical (unpaired) electrons. The number of hydrogen-bond acceptors (Lipinski definition) is 8. The Morgan fingerprint density at radius 3 is 2.55 bits per heavy atom. The first-order valence-corrected chi connectivity index (χ1v) is 10.8. The summed E-state index contributed by atoms with van der Waals surface area (Å²) in [6, 6.07) is 6.49. The summed E-state index contributed by atoms with van der Waals surface area (Å²) in [5.41, 5.74) is 0.724. The van der Waals surface area contributed by atoms with Gasteiger partial charge in [-0.05, 0) is 31.0 Å². The minimum Gasteiger partial charge on any atom is -0.486 e. The molecule has 0 bridgehead atoms. The first kappa shape index (κ1) is 18.2. The average molecular weight is 417 g/mol. The largest absolute Gasteiger partial charge is 0.486 e. The van der Waals surface area contributed by atoms with Crippen LogP contribution in [0.4, 0.5) is 0 Å². The van der Waals surface area contributed by atoms with Crippen molar-refractivity contribution in [2.45, 2.75) is 23.7 Å². The van der Waals surface area contributed by atoms with E-state index in [1.165, 1.54) is 10.4 Å². The van der Waals surface area contributed by atoms with Crippen LogP contribution in [-0.4, -0.2) is 49.2 Å². The molecular formula is C19H19N3O6S. The SMILES string of the molecule is O=S(=O)(c1ccc2c(c1)OCCO2)N1CCC(c2nnc(-c3ccoc3)o2)CC1. The maximum Gasteiger partial charge on any atom is 0.250 e. The molecule has 0 N–H and O–H groups in total. The zero-order valence-corrected chi connectivity index (χ0v) is 16.3. The second kappa shape index (κ2) is 7.20. The first-order valence-electron chi connectivity index (χ1n) is 9.37. The van der Waals surface area contributed by atoms with Crippen molar-refractivity contribution in [2.75, 3.05) is 26.3 Å². The molecule has 0 spiro atoms. The van der Waals surface area contributed by atoms with Gasteiger partial charge in [-0.15, -0.1) is 10.2 Å². The Morgan fingerprint density at radius 2 is 1.79 bits per heavy atom. The molecule has 3 aromatic rings. The van der Waals surface area contributed by atoms with Gasteiger partial charge in [0.2, 0.25) is 15.9 Å². The van der Waals surface area contributed by atoms with Crippen LogP contribution in [-0.2, 0) is 10.0 Å². The Labute approximate surface area is 167 Å². The number of sulfonamides is 1. The topological polar surface area (TPSA) is 108 Å². The Balaban J connectivity index is 1.29. The third-order valence-corrected chi connectivity index (χ3v) is 7.06. The van der Waals surface area contributed by atoms with E-state index < -0.39 is 10.0 Å². The molecule has 4 heterocycles. The quantitative estimate of drug-likeness (QED) is 0.638. The van der Waals surface area contributed by atoms with Crippen LogP contribution >= 0.6 is 0 Å². The van der Waals surface area contributed by atoms with Gasteiger partial charge in [-0.1, -0.05) is 0 Å². The van der Waals surface area contributed by atoms with E-state index in [0.717, 1.165) is 5.56 Å². The molecule has 2 aliphatic heterocycles. The van der Waals surface area contributed by atoms with Crippen molar-refractivity contribution in [1.82, 2.24) is 14.5 Å². The number of nitrogens with zero attached hydrogens (tertiary/aromatic N) is 3. The number of benzene rings is 1. The minimum atomic E-state index is -3.61. The number of aromatic nitrogens is 2. The van der Waals surface area contributed by atoms with Crippen LogP contribution in [0.5, 0.6) is 11.5 Å². The lowest BCUT2D eigenvalue weighted by atomic mass is 9.98. The van der Waals surface area contributed by atoms with Gasteiger partial charge in [-0.25, -0.2) is 8.42 Å². The molecule has 9 nitrogen and oxygen atoms in total. The number of furan rings is 1. The molecular weight excluding hydrogens is 398 g/mol. The Hall–Kier alpha value is -2.85. The lowest BCUT2D eigenvalue weighted by Gasteiger charge is -2.30. The van der Waals surface area contributed by atoms with Crippen LogP contribution in [0.25, 0.3) is 11.5 Å². The standard InChI is InChI=1S/C19H19N3O6S/c23-29(24,15-1-2-16-17(11-15)27-10-9-26-16)22-6-3-13(4-7-22)18-20-21-19(28-18)14-5-8-25-12-14/h1-2,5,8,11-13H,3-4,6-7,9-10H2. The predicted octanol–water partition coefficient (Wildman–Crippen LogP) is 2.67. The van der Waals surface area contributed by atoms with Gasteiger partial charge in [0, 0.05) is 25.1 Å². The Bertz CT molecular complexity index is 1100. The number of ether oxygens (including phenoxy) is 2. The number of rotatable bonds is 4. The van der Waals surface area contributed by atoms with Crippen LogP contribution in [0.15, 0.2) is 50.5 Å². The van der Waals surface area contributed by atoms with Gasteiger partial charge in [0.15, 0.2) is 11.5 Å². The predicted molar refractivity (Wildman–Crippen MR) is 100 cm³/mol. The van der Waals surface area contributed by atoms with Gasteiger partial charge in [-0.3, -0.25) is 0 Å². The van der Waals surface area contributed by atoms with Crippen molar-refractivity contribution in [3.05, 3.63) is 42.7 Å². The molecule has 10 heteroatoms. The number of hydrogen-bond donors (Lipinski definition) is 0. The summed E-state index contributed by atoms with van der Waals surface area (Å²) in [5, 5.41) is 8.19. The highest BCUT2D eigenvalue weighted by molar-refractivity contribution is 7.89. The number of fused-ring (bicyclic) bond motifs is 1. The van der Waals surface area contributed by atoms with E-state index in [4.69, 9.17) is 18.3 Å². The average Bonchev–Trinajstić information content (AvgIpc) is 3.45. The van der Waals surface area contributed by atoms with E-state index in [2.05, 4.69) is 10.2 Å². The molecule has 0 amide bonds. The normalized spacial score (nSPS) is 18.1. The summed E-state index contributed by atoms with van der Waals surface area (Å²) in [6.07, 6.45) is 4.30. The molecule has 1 fully saturated rings. The molecule has 152 valence electrons. The monoisotopic (exact) mass is 417 g/mol. The molecule has 0 atom stereocenters. The summed E-state index contributed by atoms with van der Waals surface area (Å²) in [5.74, 6) is 1.98. The zero-order chi connectivity index (χ0) is 19.8. The fourth-order valence-corrected chi connectivity index (χ4v) is 5.06. The van der Waals surface area contributed by atoms with Crippen LogP contribution in [0.2, 0.25) is 0 Å². The van der Waals surface area contributed by atoms with Gasteiger partial charge in [-0.2, -0.15) is 4.31 Å². The van der Waals surface area contributed by atoms with Gasteiger partial charge in [0.1, 0.15) is 19.5 Å². The van der Waals surface area contributed by atoms with Gasteiger partial charge in [0.05, 0.1) is 16.7 Å². The van der Waals surface area contributed by atoms with Crippen molar-refractivity contribution in [3.63, 3.8) is 0 Å². The molecule has 2 aromatic heterocycles. The van der Waals surface area contributed by atoms with Crippen molar-refractivity contribution < 1.29 is 26.7 Å². The second-order valence-electron chi connectivity index (χ2n) is 6.94. The van der Waals surface area contributed by atoms with E-state index in [0.29, 0.717) is 62.4 Å². The third-order valence-electron chi connectivity index (χ3n) is 5.16.